The number of rotatable bonds is 3. The highest BCUT2D eigenvalue weighted by Gasteiger charge is 2.27. The summed E-state index contributed by atoms with van der Waals surface area (Å²) in [7, 11) is 0. The van der Waals surface area contributed by atoms with Gasteiger partial charge in [-0.15, -0.1) is 0 Å². The zero-order valence-corrected chi connectivity index (χ0v) is 11.3. The third-order valence-corrected chi connectivity index (χ3v) is 3.79. The van der Waals surface area contributed by atoms with Gasteiger partial charge in [0.05, 0.1) is 0 Å². The molecule has 1 aromatic carbocycles. The van der Waals surface area contributed by atoms with E-state index in [4.69, 9.17) is 5.11 Å². The first-order valence-electron chi connectivity index (χ1n) is 6.85. The summed E-state index contributed by atoms with van der Waals surface area (Å²) in [5, 5.41) is 18.6. The van der Waals surface area contributed by atoms with Crippen molar-refractivity contribution in [3.05, 3.63) is 29.3 Å². The molecule has 1 aromatic rings. The summed E-state index contributed by atoms with van der Waals surface area (Å²) in [6, 6.07) is 5.09. The highest BCUT2D eigenvalue weighted by Crippen LogP contribution is 2.24. The summed E-state index contributed by atoms with van der Waals surface area (Å²) in [5.41, 5.74) is 1.32. The molecule has 2 rings (SSSR count). The molecule has 0 aliphatic carbocycles. The molecule has 0 saturated carbocycles. The van der Waals surface area contributed by atoms with Crippen molar-refractivity contribution in [3.8, 4) is 5.75 Å². The van der Waals surface area contributed by atoms with Crippen molar-refractivity contribution in [1.29, 1.82) is 0 Å². The molecule has 104 valence electrons. The van der Waals surface area contributed by atoms with Crippen LogP contribution >= 0.6 is 0 Å². The fourth-order valence-electron chi connectivity index (χ4n) is 2.67. The summed E-state index contributed by atoms with van der Waals surface area (Å²) in [5.74, 6) is 0.211. The maximum absolute atomic E-state index is 12.5. The van der Waals surface area contributed by atoms with Crippen molar-refractivity contribution in [2.75, 3.05) is 13.2 Å². The molecule has 1 fully saturated rings. The number of aromatic hydroxyl groups is 1. The van der Waals surface area contributed by atoms with Crippen LogP contribution in [0.5, 0.6) is 5.75 Å². The molecular weight excluding hydrogens is 242 g/mol. The molecule has 4 nitrogen and oxygen atoms in total. The Balaban J connectivity index is 2.18. The van der Waals surface area contributed by atoms with Crippen LogP contribution < -0.4 is 0 Å². The van der Waals surface area contributed by atoms with E-state index in [1.165, 1.54) is 0 Å². The number of carbonyl (C=O) groups excluding carboxylic acids is 1. The van der Waals surface area contributed by atoms with Crippen LogP contribution in [0.15, 0.2) is 18.2 Å². The number of carbonyl (C=O) groups is 1. The van der Waals surface area contributed by atoms with Crippen LogP contribution in [0.2, 0.25) is 0 Å². The Kier molecular flexibility index (Phi) is 4.43. The Morgan fingerprint density at radius 2 is 2.21 bits per heavy atom. The van der Waals surface area contributed by atoms with E-state index in [1.54, 1.807) is 25.1 Å². The van der Waals surface area contributed by atoms with E-state index in [1.807, 2.05) is 4.90 Å². The molecule has 1 aliphatic rings. The van der Waals surface area contributed by atoms with E-state index in [-0.39, 0.29) is 24.3 Å². The van der Waals surface area contributed by atoms with Gasteiger partial charge in [0.1, 0.15) is 5.75 Å². The van der Waals surface area contributed by atoms with Crippen molar-refractivity contribution in [3.63, 3.8) is 0 Å². The Morgan fingerprint density at radius 3 is 2.89 bits per heavy atom. The molecule has 1 saturated heterocycles. The maximum atomic E-state index is 12.5. The molecule has 0 radical (unpaired) electrons. The Morgan fingerprint density at radius 1 is 1.42 bits per heavy atom. The van der Waals surface area contributed by atoms with Crippen molar-refractivity contribution in [1.82, 2.24) is 4.90 Å². The average molecular weight is 263 g/mol. The van der Waals surface area contributed by atoms with E-state index in [0.29, 0.717) is 17.5 Å². The average Bonchev–Trinajstić information content (AvgIpc) is 2.42. The van der Waals surface area contributed by atoms with Gasteiger partial charge in [-0.05, 0) is 56.4 Å². The first kappa shape index (κ1) is 13.9. The molecule has 1 aliphatic heterocycles. The predicted octanol–water partition coefficient (Wildman–Crippen LogP) is 2.08. The Labute approximate surface area is 113 Å². The van der Waals surface area contributed by atoms with Gasteiger partial charge in [0.15, 0.2) is 0 Å². The topological polar surface area (TPSA) is 60.8 Å². The zero-order chi connectivity index (χ0) is 13.8. The number of amides is 1. The van der Waals surface area contributed by atoms with Crippen molar-refractivity contribution in [2.24, 2.45) is 0 Å². The molecule has 2 N–H and O–H groups in total. The molecule has 4 heteroatoms. The van der Waals surface area contributed by atoms with Crippen LogP contribution in [-0.4, -0.2) is 40.2 Å². The SMILES string of the molecule is Cc1cc(C(=O)N2CCCCC2CCO)ccc1O. The first-order chi connectivity index (χ1) is 9.13. The minimum Gasteiger partial charge on any atom is -0.508 e. The number of hydrogen-bond donors (Lipinski definition) is 2. The first-order valence-corrected chi connectivity index (χ1v) is 6.85. The quantitative estimate of drug-likeness (QED) is 0.877. The summed E-state index contributed by atoms with van der Waals surface area (Å²) in [6.45, 7) is 2.65. The van der Waals surface area contributed by atoms with E-state index in [9.17, 15) is 9.90 Å². The van der Waals surface area contributed by atoms with Gasteiger partial charge in [0, 0.05) is 24.8 Å². The van der Waals surface area contributed by atoms with Crippen LogP contribution in [0, 0.1) is 6.92 Å². The monoisotopic (exact) mass is 263 g/mol. The lowest BCUT2D eigenvalue weighted by molar-refractivity contribution is 0.0574. The van der Waals surface area contributed by atoms with Crippen LogP contribution in [-0.2, 0) is 0 Å². The number of piperidine rings is 1. The van der Waals surface area contributed by atoms with Crippen LogP contribution in [0.25, 0.3) is 0 Å². The number of phenols is 1. The fourth-order valence-corrected chi connectivity index (χ4v) is 2.67. The number of hydrogen-bond acceptors (Lipinski definition) is 3. The molecule has 0 spiro atoms. The van der Waals surface area contributed by atoms with Crippen LogP contribution in [0.1, 0.15) is 41.6 Å². The summed E-state index contributed by atoms with van der Waals surface area (Å²) < 4.78 is 0. The third-order valence-electron chi connectivity index (χ3n) is 3.79. The van der Waals surface area contributed by atoms with Gasteiger partial charge in [-0.1, -0.05) is 0 Å². The lowest BCUT2D eigenvalue weighted by Gasteiger charge is -2.35. The van der Waals surface area contributed by atoms with E-state index in [0.717, 1.165) is 25.8 Å². The largest absolute Gasteiger partial charge is 0.508 e. The van der Waals surface area contributed by atoms with Gasteiger partial charge in [0.25, 0.3) is 5.91 Å². The van der Waals surface area contributed by atoms with Crippen molar-refractivity contribution in [2.45, 2.75) is 38.6 Å². The summed E-state index contributed by atoms with van der Waals surface area (Å²) >= 11 is 0. The van der Waals surface area contributed by atoms with Gasteiger partial charge in [-0.25, -0.2) is 0 Å². The number of nitrogens with zero attached hydrogens (tertiary/aromatic N) is 1. The third kappa shape index (κ3) is 3.07. The molecule has 1 amide bonds. The van der Waals surface area contributed by atoms with E-state index in [2.05, 4.69) is 0 Å². The molecule has 1 heterocycles. The van der Waals surface area contributed by atoms with Gasteiger partial charge in [-0.3, -0.25) is 4.79 Å². The summed E-state index contributed by atoms with van der Waals surface area (Å²) in [4.78, 5) is 14.4. The molecule has 0 bridgehead atoms. The number of benzene rings is 1. The second-order valence-corrected chi connectivity index (χ2v) is 5.16. The highest BCUT2D eigenvalue weighted by molar-refractivity contribution is 5.94. The van der Waals surface area contributed by atoms with Crippen molar-refractivity contribution < 1.29 is 15.0 Å². The van der Waals surface area contributed by atoms with Gasteiger partial charge in [-0.2, -0.15) is 0 Å². The van der Waals surface area contributed by atoms with Crippen LogP contribution in [0.3, 0.4) is 0 Å². The fraction of sp³-hybridized carbons (Fsp3) is 0.533. The van der Waals surface area contributed by atoms with Gasteiger partial charge in [0.2, 0.25) is 0 Å². The Hall–Kier alpha value is -1.55. The van der Waals surface area contributed by atoms with Gasteiger partial charge >= 0.3 is 0 Å². The van der Waals surface area contributed by atoms with E-state index >= 15 is 0 Å². The Bertz CT molecular complexity index is 457. The zero-order valence-electron chi connectivity index (χ0n) is 11.3. The highest BCUT2D eigenvalue weighted by atomic mass is 16.3. The second kappa shape index (κ2) is 6.06. The van der Waals surface area contributed by atoms with Crippen molar-refractivity contribution >= 4 is 5.91 Å². The molecule has 1 atom stereocenters. The number of aliphatic hydroxyl groups is 1. The number of likely N-dealkylation sites (tertiary alicyclic amines) is 1. The minimum atomic E-state index is 0.00116. The van der Waals surface area contributed by atoms with E-state index < -0.39 is 0 Å². The van der Waals surface area contributed by atoms with Crippen LogP contribution in [0.4, 0.5) is 0 Å². The number of aliphatic hydroxyl groups excluding tert-OH is 1. The number of aryl methyl sites for hydroxylation is 1. The standard InChI is InChI=1S/C15H21NO3/c1-11-10-12(5-6-14(11)18)15(19)16-8-3-2-4-13(16)7-9-17/h5-6,10,13,17-18H,2-4,7-9H2,1H3. The van der Waals surface area contributed by atoms with Gasteiger partial charge < -0.3 is 15.1 Å². The molecule has 19 heavy (non-hydrogen) atoms. The summed E-state index contributed by atoms with van der Waals surface area (Å²) in [6.07, 6.45) is 3.74. The number of phenolic OH excluding ortho intramolecular Hbond substituents is 1. The lowest BCUT2D eigenvalue weighted by Crippen LogP contribution is -2.44. The lowest BCUT2D eigenvalue weighted by atomic mass is 9.98. The predicted molar refractivity (Wildman–Crippen MR) is 73.2 cm³/mol. The smallest absolute Gasteiger partial charge is 0.254 e. The normalized spacial score (nSPS) is 19.5. The minimum absolute atomic E-state index is 0.00116. The molecule has 0 aromatic heterocycles. The molecule has 1 unspecified atom stereocenters. The molecular formula is C15H21NO3. The second-order valence-electron chi connectivity index (χ2n) is 5.16. The maximum Gasteiger partial charge on any atom is 0.254 e.